The lowest BCUT2D eigenvalue weighted by Crippen LogP contribution is -1.81. The summed E-state index contributed by atoms with van der Waals surface area (Å²) >= 11 is 9.41. The average molecular weight is 326 g/mol. The molecule has 0 atom stereocenters. The second-order valence-corrected chi connectivity index (χ2v) is 4.76. The number of furan rings is 1. The Morgan fingerprint density at radius 2 is 2.00 bits per heavy atom. The van der Waals surface area contributed by atoms with E-state index in [9.17, 15) is 0 Å². The van der Waals surface area contributed by atoms with Crippen LogP contribution in [0.25, 0.3) is 23.0 Å². The van der Waals surface area contributed by atoms with E-state index >= 15 is 0 Å². The number of nitrogens with zero attached hydrogens (tertiary/aromatic N) is 2. The summed E-state index contributed by atoms with van der Waals surface area (Å²) in [6.45, 7) is 0. The van der Waals surface area contributed by atoms with E-state index in [1.165, 1.54) is 0 Å². The Bertz CT molecular complexity index is 693. The number of aromatic nitrogens is 2. The number of halogens is 2. The van der Waals surface area contributed by atoms with Crippen LogP contribution in [-0.2, 0) is 0 Å². The van der Waals surface area contributed by atoms with Crippen LogP contribution in [0.4, 0.5) is 0 Å². The van der Waals surface area contributed by atoms with Crippen molar-refractivity contribution in [3.05, 3.63) is 46.1 Å². The maximum Gasteiger partial charge on any atom is 0.295 e. The third-order valence-electron chi connectivity index (χ3n) is 2.35. The molecule has 0 aliphatic rings. The van der Waals surface area contributed by atoms with Crippen LogP contribution in [0.15, 0.2) is 50.0 Å². The van der Waals surface area contributed by atoms with Gasteiger partial charge >= 0.3 is 0 Å². The molecule has 4 nitrogen and oxygen atoms in total. The van der Waals surface area contributed by atoms with Gasteiger partial charge in [-0.2, -0.15) is 4.98 Å². The zero-order valence-corrected chi connectivity index (χ0v) is 11.3. The van der Waals surface area contributed by atoms with Gasteiger partial charge < -0.3 is 8.94 Å². The third-order valence-corrected chi connectivity index (χ3v) is 3.31. The lowest BCUT2D eigenvalue weighted by Gasteiger charge is -1.95. The zero-order valence-electron chi connectivity index (χ0n) is 8.93. The molecule has 0 saturated carbocycles. The van der Waals surface area contributed by atoms with E-state index in [-0.39, 0.29) is 0 Å². The van der Waals surface area contributed by atoms with Crippen LogP contribution in [0.3, 0.4) is 0 Å². The Morgan fingerprint density at radius 3 is 2.72 bits per heavy atom. The van der Waals surface area contributed by atoms with Gasteiger partial charge in [0.25, 0.3) is 5.89 Å². The zero-order chi connectivity index (χ0) is 12.5. The van der Waals surface area contributed by atoms with Gasteiger partial charge in [0, 0.05) is 5.56 Å². The molecular weight excluding hydrogens is 320 g/mol. The van der Waals surface area contributed by atoms with Crippen LogP contribution in [0.5, 0.6) is 0 Å². The average Bonchev–Trinajstić information content (AvgIpc) is 2.98. The van der Waals surface area contributed by atoms with Crippen LogP contribution >= 0.6 is 27.5 Å². The van der Waals surface area contributed by atoms with Gasteiger partial charge in [0.1, 0.15) is 0 Å². The van der Waals surface area contributed by atoms with Crippen molar-refractivity contribution in [1.29, 1.82) is 0 Å². The maximum absolute atomic E-state index is 6.07. The van der Waals surface area contributed by atoms with Crippen molar-refractivity contribution >= 4 is 27.5 Å². The van der Waals surface area contributed by atoms with E-state index < -0.39 is 0 Å². The highest BCUT2D eigenvalue weighted by molar-refractivity contribution is 9.10. The molecule has 0 saturated heterocycles. The molecular formula is C12H6BrClN2O2. The minimum Gasteiger partial charge on any atom is -0.458 e. The predicted octanol–water partition coefficient (Wildman–Crippen LogP) is 4.41. The molecule has 1 aromatic carbocycles. The summed E-state index contributed by atoms with van der Waals surface area (Å²) in [7, 11) is 0. The summed E-state index contributed by atoms with van der Waals surface area (Å²) < 4.78 is 11.2. The Labute approximate surface area is 116 Å². The van der Waals surface area contributed by atoms with Crippen LogP contribution in [-0.4, -0.2) is 10.1 Å². The van der Waals surface area contributed by atoms with Crippen molar-refractivity contribution < 1.29 is 8.94 Å². The van der Waals surface area contributed by atoms with E-state index in [1.54, 1.807) is 18.4 Å². The topological polar surface area (TPSA) is 52.1 Å². The Morgan fingerprint density at radius 1 is 1.17 bits per heavy atom. The first-order valence-electron chi connectivity index (χ1n) is 5.07. The molecule has 3 aromatic rings. The first-order valence-corrected chi connectivity index (χ1v) is 6.25. The molecule has 2 aromatic heterocycles. The van der Waals surface area contributed by atoms with Gasteiger partial charge in [0.05, 0.1) is 15.8 Å². The van der Waals surface area contributed by atoms with E-state index in [2.05, 4.69) is 26.1 Å². The van der Waals surface area contributed by atoms with Crippen molar-refractivity contribution in [3.8, 4) is 23.0 Å². The van der Waals surface area contributed by atoms with Gasteiger partial charge in [-0.1, -0.05) is 28.9 Å². The second kappa shape index (κ2) is 4.59. The van der Waals surface area contributed by atoms with Gasteiger partial charge in [-0.05, 0) is 34.1 Å². The minimum absolute atomic E-state index is 0.307. The summed E-state index contributed by atoms with van der Waals surface area (Å²) in [5, 5.41) is 4.47. The molecule has 6 heteroatoms. The van der Waals surface area contributed by atoms with Crippen LogP contribution in [0.2, 0.25) is 5.02 Å². The van der Waals surface area contributed by atoms with Gasteiger partial charge in [-0.3, -0.25) is 0 Å². The molecule has 0 spiro atoms. The fourth-order valence-electron chi connectivity index (χ4n) is 1.51. The van der Waals surface area contributed by atoms with E-state index in [4.69, 9.17) is 20.5 Å². The lowest BCUT2D eigenvalue weighted by molar-refractivity contribution is 0.416. The molecule has 0 fully saturated rings. The van der Waals surface area contributed by atoms with Gasteiger partial charge in [0.15, 0.2) is 0 Å². The molecule has 0 amide bonds. The summed E-state index contributed by atoms with van der Waals surface area (Å²) in [4.78, 5) is 4.26. The summed E-state index contributed by atoms with van der Waals surface area (Å²) in [5.74, 6) is 1.24. The van der Waals surface area contributed by atoms with Crippen LogP contribution in [0.1, 0.15) is 0 Å². The first-order chi connectivity index (χ1) is 8.75. The lowest BCUT2D eigenvalue weighted by atomic mass is 10.2. The molecule has 3 rings (SSSR count). The van der Waals surface area contributed by atoms with Crippen LogP contribution < -0.4 is 0 Å². The quantitative estimate of drug-likeness (QED) is 0.700. The largest absolute Gasteiger partial charge is 0.458 e. The molecule has 0 radical (unpaired) electrons. The standard InChI is InChI=1S/C12H6BrClN2O2/c13-8-5-6-17-10(8)12-15-11(16-18-12)7-3-1-2-4-9(7)14/h1-6H. The van der Waals surface area contributed by atoms with Crippen LogP contribution in [0, 0.1) is 0 Å². The van der Waals surface area contributed by atoms with Gasteiger partial charge in [-0.15, -0.1) is 0 Å². The number of hydrogen-bond donors (Lipinski definition) is 0. The van der Waals surface area contributed by atoms with E-state index in [0.29, 0.717) is 22.5 Å². The molecule has 0 aliphatic carbocycles. The fourth-order valence-corrected chi connectivity index (χ4v) is 2.11. The smallest absolute Gasteiger partial charge is 0.295 e. The third kappa shape index (κ3) is 1.95. The Balaban J connectivity index is 2.05. The highest BCUT2D eigenvalue weighted by Gasteiger charge is 2.17. The van der Waals surface area contributed by atoms with E-state index in [1.807, 2.05) is 18.2 Å². The summed E-state index contributed by atoms with van der Waals surface area (Å²) in [6, 6.07) is 9.06. The number of rotatable bonds is 2. The molecule has 0 bridgehead atoms. The Hall–Kier alpha value is -1.59. The normalized spacial score (nSPS) is 10.8. The van der Waals surface area contributed by atoms with Crippen molar-refractivity contribution in [2.45, 2.75) is 0 Å². The molecule has 18 heavy (non-hydrogen) atoms. The summed E-state index contributed by atoms with van der Waals surface area (Å²) in [5.41, 5.74) is 0.719. The highest BCUT2D eigenvalue weighted by atomic mass is 79.9. The second-order valence-electron chi connectivity index (χ2n) is 3.50. The molecule has 0 N–H and O–H groups in total. The molecule has 2 heterocycles. The van der Waals surface area contributed by atoms with Crippen molar-refractivity contribution in [1.82, 2.24) is 10.1 Å². The highest BCUT2D eigenvalue weighted by Crippen LogP contribution is 2.31. The molecule has 0 unspecified atom stereocenters. The number of hydrogen-bond acceptors (Lipinski definition) is 4. The van der Waals surface area contributed by atoms with Crippen molar-refractivity contribution in [2.24, 2.45) is 0 Å². The van der Waals surface area contributed by atoms with Crippen molar-refractivity contribution in [2.75, 3.05) is 0 Å². The monoisotopic (exact) mass is 324 g/mol. The molecule has 90 valence electrons. The van der Waals surface area contributed by atoms with Crippen molar-refractivity contribution in [3.63, 3.8) is 0 Å². The summed E-state index contributed by atoms with van der Waals surface area (Å²) in [6.07, 6.45) is 1.54. The van der Waals surface area contributed by atoms with Gasteiger partial charge in [-0.25, -0.2) is 0 Å². The maximum atomic E-state index is 6.07. The first kappa shape index (κ1) is 11.5. The Kier molecular flexibility index (Phi) is 2.93. The predicted molar refractivity (Wildman–Crippen MR) is 70.1 cm³/mol. The van der Waals surface area contributed by atoms with Gasteiger partial charge in [0.2, 0.25) is 11.6 Å². The minimum atomic E-state index is 0.307. The fraction of sp³-hybridized carbons (Fsp3) is 0. The SMILES string of the molecule is Clc1ccccc1-c1noc(-c2occc2Br)n1. The van der Waals surface area contributed by atoms with E-state index in [0.717, 1.165) is 10.0 Å². The number of benzene rings is 1. The molecule has 0 aliphatic heterocycles.